The lowest BCUT2D eigenvalue weighted by Gasteiger charge is -2.16. The fraction of sp³-hybridized carbons (Fsp3) is 0.643. The summed E-state index contributed by atoms with van der Waals surface area (Å²) in [5.41, 5.74) is 1.17. The van der Waals surface area contributed by atoms with Gasteiger partial charge >= 0.3 is 0 Å². The third kappa shape index (κ3) is 3.70. The first-order valence-electron chi connectivity index (χ1n) is 6.62. The zero-order valence-electron chi connectivity index (χ0n) is 10.8. The Balaban J connectivity index is 1.97. The van der Waals surface area contributed by atoms with Crippen LogP contribution in [-0.2, 0) is 0 Å². The van der Waals surface area contributed by atoms with Gasteiger partial charge < -0.3 is 10.1 Å². The van der Waals surface area contributed by atoms with E-state index in [1.165, 1.54) is 18.4 Å². The largest absolute Gasteiger partial charge is 0.477 e. The highest BCUT2D eigenvalue weighted by atomic mass is 16.5. The monoisotopic (exact) mass is 234 g/mol. The molecule has 0 amide bonds. The molecule has 0 aliphatic heterocycles. The molecule has 1 unspecified atom stereocenters. The quantitative estimate of drug-likeness (QED) is 0.787. The van der Waals surface area contributed by atoms with E-state index < -0.39 is 0 Å². The molecule has 17 heavy (non-hydrogen) atoms. The fourth-order valence-corrected chi connectivity index (χ4v) is 1.81. The average Bonchev–Trinajstić information content (AvgIpc) is 3.18. The van der Waals surface area contributed by atoms with Gasteiger partial charge in [0.15, 0.2) is 0 Å². The van der Waals surface area contributed by atoms with Crippen molar-refractivity contribution >= 4 is 0 Å². The molecule has 3 heteroatoms. The van der Waals surface area contributed by atoms with Gasteiger partial charge in [0.1, 0.15) is 0 Å². The molecule has 1 aliphatic rings. The van der Waals surface area contributed by atoms with Gasteiger partial charge in [0.2, 0.25) is 5.88 Å². The standard InChI is InChI=1S/C14H22N2O/c1-3-8-15-11(2)13-5-4-9-16-14(13)17-10-12-6-7-12/h4-5,9,11-12,15H,3,6-8,10H2,1-2H3. The van der Waals surface area contributed by atoms with Crippen LogP contribution in [0.3, 0.4) is 0 Å². The van der Waals surface area contributed by atoms with Crippen LogP contribution < -0.4 is 10.1 Å². The average molecular weight is 234 g/mol. The molecule has 3 nitrogen and oxygen atoms in total. The van der Waals surface area contributed by atoms with Crippen molar-refractivity contribution < 1.29 is 4.74 Å². The van der Waals surface area contributed by atoms with E-state index in [0.29, 0.717) is 6.04 Å². The number of rotatable bonds is 7. The molecule has 0 radical (unpaired) electrons. The summed E-state index contributed by atoms with van der Waals surface area (Å²) >= 11 is 0. The maximum absolute atomic E-state index is 5.81. The molecule has 0 bridgehead atoms. The van der Waals surface area contributed by atoms with Crippen molar-refractivity contribution in [2.24, 2.45) is 5.92 Å². The fourth-order valence-electron chi connectivity index (χ4n) is 1.81. The molecule has 2 rings (SSSR count). The SMILES string of the molecule is CCCNC(C)c1cccnc1OCC1CC1. The second-order valence-corrected chi connectivity index (χ2v) is 4.83. The Morgan fingerprint density at radius 1 is 1.53 bits per heavy atom. The molecule has 0 saturated heterocycles. The van der Waals surface area contributed by atoms with Gasteiger partial charge in [0.25, 0.3) is 0 Å². The second-order valence-electron chi connectivity index (χ2n) is 4.83. The minimum Gasteiger partial charge on any atom is -0.477 e. The van der Waals surface area contributed by atoms with Crippen LogP contribution in [0.4, 0.5) is 0 Å². The van der Waals surface area contributed by atoms with Crippen molar-refractivity contribution in [3.8, 4) is 5.88 Å². The first-order valence-corrected chi connectivity index (χ1v) is 6.62. The molecule has 1 N–H and O–H groups in total. The summed E-state index contributed by atoms with van der Waals surface area (Å²) in [6.45, 7) is 6.19. The van der Waals surface area contributed by atoms with E-state index >= 15 is 0 Å². The van der Waals surface area contributed by atoms with Crippen LogP contribution in [0.15, 0.2) is 18.3 Å². The van der Waals surface area contributed by atoms with Crippen LogP contribution in [0.25, 0.3) is 0 Å². The summed E-state index contributed by atoms with van der Waals surface area (Å²) in [4.78, 5) is 4.35. The topological polar surface area (TPSA) is 34.2 Å². The number of ether oxygens (including phenoxy) is 1. The smallest absolute Gasteiger partial charge is 0.218 e. The number of aromatic nitrogens is 1. The molecule has 1 aromatic heterocycles. The van der Waals surface area contributed by atoms with Crippen molar-refractivity contribution in [1.29, 1.82) is 0 Å². The van der Waals surface area contributed by atoms with Crippen molar-refractivity contribution in [2.75, 3.05) is 13.2 Å². The minimum atomic E-state index is 0.304. The Labute approximate surface area is 104 Å². The minimum absolute atomic E-state index is 0.304. The molecular weight excluding hydrogens is 212 g/mol. The van der Waals surface area contributed by atoms with Gasteiger partial charge in [0, 0.05) is 17.8 Å². The molecule has 1 aromatic rings. The van der Waals surface area contributed by atoms with Gasteiger partial charge in [0.05, 0.1) is 6.61 Å². The van der Waals surface area contributed by atoms with E-state index in [-0.39, 0.29) is 0 Å². The second kappa shape index (κ2) is 6.01. The van der Waals surface area contributed by atoms with Crippen LogP contribution >= 0.6 is 0 Å². The Morgan fingerprint density at radius 3 is 3.06 bits per heavy atom. The third-order valence-corrected chi connectivity index (χ3v) is 3.12. The maximum Gasteiger partial charge on any atom is 0.218 e. The molecule has 94 valence electrons. The number of nitrogens with one attached hydrogen (secondary N) is 1. The molecule has 1 saturated carbocycles. The van der Waals surface area contributed by atoms with E-state index in [1.807, 2.05) is 6.07 Å². The van der Waals surface area contributed by atoms with Gasteiger partial charge in [-0.1, -0.05) is 13.0 Å². The maximum atomic E-state index is 5.81. The molecule has 1 fully saturated rings. The van der Waals surface area contributed by atoms with E-state index in [2.05, 4.69) is 30.2 Å². The highest BCUT2D eigenvalue weighted by Crippen LogP contribution is 2.30. The van der Waals surface area contributed by atoms with E-state index in [1.54, 1.807) is 6.20 Å². The summed E-state index contributed by atoms with van der Waals surface area (Å²) in [6, 6.07) is 4.38. The summed E-state index contributed by atoms with van der Waals surface area (Å²) < 4.78 is 5.81. The van der Waals surface area contributed by atoms with Crippen molar-refractivity contribution in [3.05, 3.63) is 23.9 Å². The van der Waals surface area contributed by atoms with E-state index in [4.69, 9.17) is 4.74 Å². The zero-order valence-corrected chi connectivity index (χ0v) is 10.8. The van der Waals surface area contributed by atoms with Crippen molar-refractivity contribution in [2.45, 2.75) is 39.2 Å². The normalized spacial score (nSPS) is 16.8. The summed E-state index contributed by atoms with van der Waals surface area (Å²) in [7, 11) is 0. The summed E-state index contributed by atoms with van der Waals surface area (Å²) in [6.07, 6.45) is 5.57. The predicted octanol–water partition coefficient (Wildman–Crippen LogP) is 2.93. The molecule has 1 atom stereocenters. The third-order valence-electron chi connectivity index (χ3n) is 3.12. The lowest BCUT2D eigenvalue weighted by atomic mass is 10.1. The predicted molar refractivity (Wildman–Crippen MR) is 69.2 cm³/mol. The number of hydrogen-bond donors (Lipinski definition) is 1. The van der Waals surface area contributed by atoms with Crippen LogP contribution in [0.1, 0.15) is 44.7 Å². The molecule has 0 aromatic carbocycles. The van der Waals surface area contributed by atoms with Crippen molar-refractivity contribution in [1.82, 2.24) is 10.3 Å². The first kappa shape index (κ1) is 12.4. The first-order chi connectivity index (χ1) is 8.31. The van der Waals surface area contributed by atoms with E-state index in [9.17, 15) is 0 Å². The Bertz CT molecular complexity index is 350. The van der Waals surface area contributed by atoms with Gasteiger partial charge in [-0.05, 0) is 44.7 Å². The molecular formula is C14H22N2O. The highest BCUT2D eigenvalue weighted by Gasteiger charge is 2.23. The summed E-state index contributed by atoms with van der Waals surface area (Å²) in [5.74, 6) is 1.57. The molecule has 0 spiro atoms. The number of hydrogen-bond acceptors (Lipinski definition) is 3. The highest BCUT2D eigenvalue weighted by molar-refractivity contribution is 5.28. The Hall–Kier alpha value is -1.09. The van der Waals surface area contributed by atoms with E-state index in [0.717, 1.165) is 31.4 Å². The lowest BCUT2D eigenvalue weighted by molar-refractivity contribution is 0.282. The van der Waals surface area contributed by atoms with Crippen LogP contribution in [0.2, 0.25) is 0 Å². The van der Waals surface area contributed by atoms with Crippen LogP contribution in [0.5, 0.6) is 5.88 Å². The van der Waals surface area contributed by atoms with Crippen molar-refractivity contribution in [3.63, 3.8) is 0 Å². The van der Waals surface area contributed by atoms with Gasteiger partial charge in [-0.15, -0.1) is 0 Å². The lowest BCUT2D eigenvalue weighted by Crippen LogP contribution is -2.20. The Morgan fingerprint density at radius 2 is 2.35 bits per heavy atom. The van der Waals surface area contributed by atoms with Gasteiger partial charge in [-0.3, -0.25) is 0 Å². The molecule has 1 aliphatic carbocycles. The summed E-state index contributed by atoms with van der Waals surface area (Å²) in [5, 5.41) is 3.47. The number of pyridine rings is 1. The van der Waals surface area contributed by atoms with Gasteiger partial charge in [-0.2, -0.15) is 0 Å². The van der Waals surface area contributed by atoms with Gasteiger partial charge in [-0.25, -0.2) is 4.98 Å². The zero-order chi connectivity index (χ0) is 12.1. The number of nitrogens with zero attached hydrogens (tertiary/aromatic N) is 1. The van der Waals surface area contributed by atoms with Crippen LogP contribution in [0, 0.1) is 5.92 Å². The molecule has 1 heterocycles. The van der Waals surface area contributed by atoms with Crippen LogP contribution in [-0.4, -0.2) is 18.1 Å². The Kier molecular flexibility index (Phi) is 4.37.